The molecule has 2 aromatic carbocycles. The second-order valence-electron chi connectivity index (χ2n) is 5.73. The molecule has 1 saturated heterocycles. The van der Waals surface area contributed by atoms with Gasteiger partial charge in [0.15, 0.2) is 0 Å². The number of benzene rings is 2. The second-order valence-corrected chi connectivity index (χ2v) is 9.00. The molecule has 0 atom stereocenters. The van der Waals surface area contributed by atoms with E-state index in [9.17, 15) is 13.2 Å². The van der Waals surface area contributed by atoms with E-state index in [4.69, 9.17) is 11.6 Å². The SMILES string of the molecule is O=C(Nc1ccc(Br)c(Cl)c1)c1cccc(N2CCCCS2(=O)=O)c1. The van der Waals surface area contributed by atoms with Crippen LogP contribution in [0.5, 0.6) is 0 Å². The third-order valence-corrected chi connectivity index (χ3v) is 7.03. The molecule has 1 aliphatic heterocycles. The molecule has 1 amide bonds. The first kappa shape index (κ1) is 18.2. The molecule has 2 aromatic rings. The number of carbonyl (C=O) groups is 1. The lowest BCUT2D eigenvalue weighted by Gasteiger charge is -2.28. The van der Waals surface area contributed by atoms with Crippen molar-refractivity contribution in [3.63, 3.8) is 0 Å². The number of amides is 1. The molecule has 1 aliphatic rings. The first-order valence-electron chi connectivity index (χ1n) is 7.74. The highest BCUT2D eigenvalue weighted by molar-refractivity contribution is 9.10. The number of nitrogens with zero attached hydrogens (tertiary/aromatic N) is 1. The number of anilines is 2. The van der Waals surface area contributed by atoms with Gasteiger partial charge in [0.25, 0.3) is 5.91 Å². The summed E-state index contributed by atoms with van der Waals surface area (Å²) in [5.41, 5.74) is 1.47. The van der Waals surface area contributed by atoms with Crippen molar-refractivity contribution in [3.8, 4) is 0 Å². The van der Waals surface area contributed by atoms with Gasteiger partial charge in [0.05, 0.1) is 16.5 Å². The van der Waals surface area contributed by atoms with Crippen LogP contribution in [0.15, 0.2) is 46.9 Å². The molecule has 8 heteroatoms. The Morgan fingerprint density at radius 3 is 2.68 bits per heavy atom. The van der Waals surface area contributed by atoms with Crippen molar-refractivity contribution >= 4 is 54.8 Å². The normalized spacial score (nSPS) is 16.5. The topological polar surface area (TPSA) is 66.5 Å². The minimum absolute atomic E-state index is 0.140. The van der Waals surface area contributed by atoms with Crippen LogP contribution in [0, 0.1) is 0 Å². The maximum atomic E-state index is 12.5. The summed E-state index contributed by atoms with van der Waals surface area (Å²) < 4.78 is 26.6. The van der Waals surface area contributed by atoms with Crippen LogP contribution in [-0.4, -0.2) is 26.6 Å². The number of sulfonamides is 1. The van der Waals surface area contributed by atoms with Gasteiger partial charge >= 0.3 is 0 Å². The Kier molecular flexibility index (Phi) is 5.36. The third kappa shape index (κ3) is 4.16. The van der Waals surface area contributed by atoms with Crippen LogP contribution in [-0.2, 0) is 10.0 Å². The Balaban J connectivity index is 1.83. The van der Waals surface area contributed by atoms with E-state index >= 15 is 0 Å². The van der Waals surface area contributed by atoms with Gasteiger partial charge < -0.3 is 5.32 Å². The highest BCUT2D eigenvalue weighted by Crippen LogP contribution is 2.27. The van der Waals surface area contributed by atoms with Crippen molar-refractivity contribution in [2.45, 2.75) is 12.8 Å². The average molecular weight is 444 g/mol. The molecule has 0 bridgehead atoms. The van der Waals surface area contributed by atoms with Gasteiger partial charge in [0.1, 0.15) is 0 Å². The Labute approximate surface area is 160 Å². The molecule has 0 aliphatic carbocycles. The average Bonchev–Trinajstić information content (AvgIpc) is 2.58. The number of carbonyl (C=O) groups excluding carboxylic acids is 1. The highest BCUT2D eigenvalue weighted by Gasteiger charge is 2.26. The predicted molar refractivity (Wildman–Crippen MR) is 104 cm³/mol. The Morgan fingerprint density at radius 1 is 1.16 bits per heavy atom. The lowest BCUT2D eigenvalue weighted by atomic mass is 10.1. The summed E-state index contributed by atoms with van der Waals surface area (Å²) in [7, 11) is -3.31. The van der Waals surface area contributed by atoms with Gasteiger partial charge in [-0.15, -0.1) is 0 Å². The molecule has 0 unspecified atom stereocenters. The maximum Gasteiger partial charge on any atom is 0.255 e. The molecule has 25 heavy (non-hydrogen) atoms. The van der Waals surface area contributed by atoms with Crippen LogP contribution in [0.3, 0.4) is 0 Å². The van der Waals surface area contributed by atoms with E-state index in [1.165, 1.54) is 4.31 Å². The van der Waals surface area contributed by atoms with Crippen molar-refractivity contribution in [2.75, 3.05) is 21.9 Å². The van der Waals surface area contributed by atoms with Gasteiger partial charge in [0, 0.05) is 22.3 Å². The largest absolute Gasteiger partial charge is 0.322 e. The van der Waals surface area contributed by atoms with E-state index in [2.05, 4.69) is 21.2 Å². The molecule has 1 heterocycles. The number of halogens is 2. The quantitative estimate of drug-likeness (QED) is 0.770. The van der Waals surface area contributed by atoms with Crippen LogP contribution >= 0.6 is 27.5 Å². The van der Waals surface area contributed by atoms with Crippen LogP contribution in [0.1, 0.15) is 23.2 Å². The summed E-state index contributed by atoms with van der Waals surface area (Å²) in [5.74, 6) is -0.185. The Bertz CT molecular complexity index is 918. The fraction of sp³-hybridized carbons (Fsp3) is 0.235. The predicted octanol–water partition coefficient (Wildman–Crippen LogP) is 4.28. The molecule has 5 nitrogen and oxygen atoms in total. The highest BCUT2D eigenvalue weighted by atomic mass is 79.9. The zero-order valence-electron chi connectivity index (χ0n) is 13.2. The zero-order chi connectivity index (χ0) is 18.0. The fourth-order valence-corrected chi connectivity index (χ4v) is 4.72. The van der Waals surface area contributed by atoms with Gasteiger partial charge in [0.2, 0.25) is 10.0 Å². The summed E-state index contributed by atoms with van der Waals surface area (Å²) in [5, 5.41) is 3.26. The van der Waals surface area contributed by atoms with E-state index in [1.54, 1.807) is 42.5 Å². The molecule has 132 valence electrons. The van der Waals surface area contributed by atoms with E-state index in [0.29, 0.717) is 34.9 Å². The number of hydrogen-bond acceptors (Lipinski definition) is 3. The first-order chi connectivity index (χ1) is 11.9. The van der Waals surface area contributed by atoms with Crippen molar-refractivity contribution < 1.29 is 13.2 Å². The second kappa shape index (κ2) is 7.35. The molecule has 0 spiro atoms. The fourth-order valence-electron chi connectivity index (χ4n) is 2.66. The Hall–Kier alpha value is -1.57. The zero-order valence-corrected chi connectivity index (χ0v) is 16.4. The molecule has 0 aromatic heterocycles. The van der Waals surface area contributed by atoms with E-state index in [-0.39, 0.29) is 11.7 Å². The lowest BCUT2D eigenvalue weighted by Crippen LogP contribution is -2.37. The summed E-state index contributed by atoms with van der Waals surface area (Å²) >= 11 is 9.33. The van der Waals surface area contributed by atoms with Crippen molar-refractivity contribution in [1.82, 2.24) is 0 Å². The molecule has 1 fully saturated rings. The van der Waals surface area contributed by atoms with Gasteiger partial charge in [-0.3, -0.25) is 9.10 Å². The van der Waals surface area contributed by atoms with E-state index in [0.717, 1.165) is 10.9 Å². The third-order valence-electron chi connectivity index (χ3n) is 3.92. The summed E-state index contributed by atoms with van der Waals surface area (Å²) in [6.07, 6.45) is 1.48. The standard InChI is InChI=1S/C17H16BrClN2O3S/c18-15-7-6-13(11-16(15)19)20-17(22)12-4-3-5-14(10-12)21-8-1-2-9-25(21,23)24/h3-7,10-11H,1-2,8-9H2,(H,20,22). The van der Waals surface area contributed by atoms with Crippen LogP contribution in [0.4, 0.5) is 11.4 Å². The van der Waals surface area contributed by atoms with Gasteiger partial charge in [-0.2, -0.15) is 0 Å². The summed E-state index contributed by atoms with van der Waals surface area (Å²) in [4.78, 5) is 12.5. The molecular formula is C17H16BrClN2O3S. The molecule has 3 rings (SSSR count). The molecular weight excluding hydrogens is 428 g/mol. The van der Waals surface area contributed by atoms with Crippen LogP contribution in [0.2, 0.25) is 5.02 Å². The smallest absolute Gasteiger partial charge is 0.255 e. The number of hydrogen-bond donors (Lipinski definition) is 1. The molecule has 0 saturated carbocycles. The minimum atomic E-state index is -3.31. The maximum absolute atomic E-state index is 12.5. The van der Waals surface area contributed by atoms with Crippen molar-refractivity contribution in [3.05, 3.63) is 57.5 Å². The molecule has 1 N–H and O–H groups in total. The number of nitrogens with one attached hydrogen (secondary N) is 1. The van der Waals surface area contributed by atoms with Crippen molar-refractivity contribution in [1.29, 1.82) is 0 Å². The monoisotopic (exact) mass is 442 g/mol. The minimum Gasteiger partial charge on any atom is -0.322 e. The summed E-state index contributed by atoms with van der Waals surface area (Å²) in [6, 6.07) is 11.7. The van der Waals surface area contributed by atoms with Gasteiger partial charge in [-0.25, -0.2) is 8.42 Å². The lowest BCUT2D eigenvalue weighted by molar-refractivity contribution is 0.102. The molecule has 0 radical (unpaired) electrons. The van der Waals surface area contributed by atoms with Crippen molar-refractivity contribution in [2.24, 2.45) is 0 Å². The Morgan fingerprint density at radius 2 is 1.96 bits per heavy atom. The van der Waals surface area contributed by atoms with Crippen LogP contribution in [0.25, 0.3) is 0 Å². The van der Waals surface area contributed by atoms with E-state index < -0.39 is 10.0 Å². The van der Waals surface area contributed by atoms with Gasteiger partial charge in [-0.05, 0) is 65.2 Å². The first-order valence-corrected chi connectivity index (χ1v) is 10.5. The van der Waals surface area contributed by atoms with Gasteiger partial charge in [-0.1, -0.05) is 17.7 Å². The van der Waals surface area contributed by atoms with Crippen LogP contribution < -0.4 is 9.62 Å². The number of rotatable bonds is 3. The van der Waals surface area contributed by atoms with E-state index in [1.807, 2.05) is 0 Å². The summed E-state index contributed by atoms with van der Waals surface area (Å²) in [6.45, 7) is 0.440.